The van der Waals surface area contributed by atoms with Crippen LogP contribution in [-0.2, 0) is 10.8 Å². The summed E-state index contributed by atoms with van der Waals surface area (Å²) in [5.41, 5.74) is 25.7. The molecule has 13 aromatic carbocycles. The van der Waals surface area contributed by atoms with Gasteiger partial charge in [-0.25, -0.2) is 15.0 Å². The van der Waals surface area contributed by atoms with Gasteiger partial charge in [-0.15, -0.1) is 0 Å². The van der Waals surface area contributed by atoms with E-state index in [2.05, 4.69) is 298 Å². The van der Waals surface area contributed by atoms with E-state index in [-0.39, 0.29) is 10.8 Å². The highest BCUT2D eigenvalue weighted by molar-refractivity contribution is 6.33. The number of rotatable bonds is 5. The Morgan fingerprint density at radius 3 is 1.60 bits per heavy atom. The third-order valence-electron chi connectivity index (χ3n) is 21.3. The molecule has 0 fully saturated rings. The summed E-state index contributed by atoms with van der Waals surface area (Å²) in [5.74, 6) is 1.46. The van der Waals surface area contributed by atoms with Crippen molar-refractivity contribution < 1.29 is 8.83 Å². The van der Waals surface area contributed by atoms with Gasteiger partial charge in [0.2, 0.25) is 5.95 Å². The lowest BCUT2D eigenvalue weighted by Gasteiger charge is -2.23. The maximum Gasteiger partial charge on any atom is 0.235 e. The molecule has 0 amide bonds. The molecule has 2 aliphatic rings. The second kappa shape index (κ2) is 18.4. The smallest absolute Gasteiger partial charge is 0.235 e. The highest BCUT2D eigenvalue weighted by Crippen LogP contribution is 2.59. The first-order valence-corrected chi connectivity index (χ1v) is 32.5. The SMILES string of the molecule is CC1(C)c2ccc(-c3ccc(-c4nc(-n5c6c7ccccc7c7c(c6c6ccc8oc9ccccc9c8c65)-c5ccccc5C7(C)C)nc5ccccc45)cc3)cc2-c2c1ccc1c2c2ccc3oc4ccccc4c3c2n1-c1cc(-c2ccccc2)c2ccccc2n1. The number of hydrogen-bond acceptors (Lipinski definition) is 5. The van der Waals surface area contributed by atoms with Crippen molar-refractivity contribution >= 4 is 120 Å². The number of aromatic nitrogens is 5. The number of fused-ring (bicyclic) bond motifs is 27. The molecular weight excluding hydrogens is 1150 g/mol. The number of furan rings is 2. The Morgan fingerprint density at radius 2 is 0.862 bits per heavy atom. The summed E-state index contributed by atoms with van der Waals surface area (Å²) in [6.07, 6.45) is 0. The van der Waals surface area contributed by atoms with Crippen molar-refractivity contribution in [1.29, 1.82) is 0 Å². The van der Waals surface area contributed by atoms with Crippen LogP contribution in [0.25, 0.3) is 188 Å². The molecule has 7 heteroatoms. The van der Waals surface area contributed by atoms with Gasteiger partial charge in [0, 0.05) is 64.9 Å². The average molecular weight is 1200 g/mol. The fraction of sp³-hybridized carbons (Fsp3) is 0.0690. The van der Waals surface area contributed by atoms with Gasteiger partial charge in [-0.1, -0.05) is 222 Å². The van der Waals surface area contributed by atoms with E-state index in [1.165, 1.54) is 60.7 Å². The predicted molar refractivity (Wildman–Crippen MR) is 387 cm³/mol. The fourth-order valence-electron chi connectivity index (χ4n) is 17.2. The number of hydrogen-bond donors (Lipinski definition) is 0. The van der Waals surface area contributed by atoms with Gasteiger partial charge in [0.15, 0.2) is 0 Å². The third-order valence-corrected chi connectivity index (χ3v) is 21.3. The molecule has 440 valence electrons. The number of pyridine rings is 1. The van der Waals surface area contributed by atoms with E-state index in [0.717, 1.165) is 143 Å². The highest BCUT2D eigenvalue weighted by atomic mass is 16.3. The molecule has 94 heavy (non-hydrogen) atoms. The van der Waals surface area contributed by atoms with Crippen molar-refractivity contribution in [2.24, 2.45) is 0 Å². The van der Waals surface area contributed by atoms with Gasteiger partial charge in [-0.3, -0.25) is 9.13 Å². The van der Waals surface area contributed by atoms with E-state index >= 15 is 0 Å². The van der Waals surface area contributed by atoms with Crippen molar-refractivity contribution in [3.05, 3.63) is 283 Å². The second-order valence-corrected chi connectivity index (χ2v) is 26.9. The van der Waals surface area contributed by atoms with Gasteiger partial charge in [-0.2, -0.15) is 0 Å². The zero-order chi connectivity index (χ0) is 62.0. The summed E-state index contributed by atoms with van der Waals surface area (Å²) in [5, 5.41) is 13.5. The first kappa shape index (κ1) is 51.8. The van der Waals surface area contributed by atoms with E-state index in [1.807, 2.05) is 0 Å². The number of benzene rings is 13. The minimum Gasteiger partial charge on any atom is -0.456 e. The molecule has 0 N–H and O–H groups in total. The van der Waals surface area contributed by atoms with Crippen LogP contribution in [0.1, 0.15) is 49.9 Å². The van der Waals surface area contributed by atoms with Crippen LogP contribution >= 0.6 is 0 Å². The van der Waals surface area contributed by atoms with Crippen LogP contribution in [0, 0.1) is 0 Å². The molecule has 0 saturated carbocycles. The summed E-state index contributed by atoms with van der Waals surface area (Å²) in [6.45, 7) is 9.53. The minimum atomic E-state index is -0.282. The summed E-state index contributed by atoms with van der Waals surface area (Å²) in [4.78, 5) is 17.0. The van der Waals surface area contributed by atoms with Gasteiger partial charge < -0.3 is 8.83 Å². The maximum absolute atomic E-state index is 6.72. The lowest BCUT2D eigenvalue weighted by Crippen LogP contribution is -2.15. The molecule has 7 nitrogen and oxygen atoms in total. The van der Waals surface area contributed by atoms with Crippen LogP contribution < -0.4 is 0 Å². The quantitative estimate of drug-likeness (QED) is 0.172. The van der Waals surface area contributed by atoms with Crippen molar-refractivity contribution in [1.82, 2.24) is 24.1 Å². The predicted octanol–water partition coefficient (Wildman–Crippen LogP) is 22.9. The molecule has 0 aliphatic heterocycles. The molecule has 0 radical (unpaired) electrons. The molecular formula is C87H55N5O2. The van der Waals surface area contributed by atoms with E-state index in [0.29, 0.717) is 5.95 Å². The Kier molecular flexibility index (Phi) is 10.1. The summed E-state index contributed by atoms with van der Waals surface area (Å²) in [6, 6.07) is 94.6. The summed E-state index contributed by atoms with van der Waals surface area (Å²) >= 11 is 0. The molecule has 0 atom stereocenters. The molecule has 21 rings (SSSR count). The van der Waals surface area contributed by atoms with Crippen LogP contribution in [-0.4, -0.2) is 24.1 Å². The average Bonchev–Trinajstić information content (AvgIpc) is 1.52. The molecule has 19 aromatic rings. The van der Waals surface area contributed by atoms with Crippen molar-refractivity contribution in [2.75, 3.05) is 0 Å². The van der Waals surface area contributed by atoms with Gasteiger partial charge >= 0.3 is 0 Å². The molecule has 6 aromatic heterocycles. The normalized spacial score (nSPS) is 13.9. The van der Waals surface area contributed by atoms with Crippen molar-refractivity contribution in [2.45, 2.75) is 38.5 Å². The topological polar surface area (TPSA) is 74.8 Å². The Balaban J connectivity index is 0.767. The number of nitrogens with zero attached hydrogens (tertiary/aromatic N) is 5. The Morgan fingerprint density at radius 1 is 0.309 bits per heavy atom. The van der Waals surface area contributed by atoms with Gasteiger partial charge in [-0.05, 0) is 139 Å². The minimum absolute atomic E-state index is 0.246. The van der Waals surface area contributed by atoms with Crippen LogP contribution in [0.15, 0.2) is 270 Å². The maximum atomic E-state index is 6.72. The zero-order valence-corrected chi connectivity index (χ0v) is 51.9. The Bertz CT molecular complexity index is 6590. The van der Waals surface area contributed by atoms with Gasteiger partial charge in [0.05, 0.1) is 49.6 Å². The zero-order valence-electron chi connectivity index (χ0n) is 51.9. The molecule has 0 bridgehead atoms. The Labute approximate surface area is 539 Å². The first-order valence-electron chi connectivity index (χ1n) is 32.5. The highest BCUT2D eigenvalue weighted by Gasteiger charge is 2.41. The first-order chi connectivity index (χ1) is 46.2. The monoisotopic (exact) mass is 1200 g/mol. The van der Waals surface area contributed by atoms with Crippen molar-refractivity contribution in [3.63, 3.8) is 0 Å². The van der Waals surface area contributed by atoms with Gasteiger partial charge in [0.25, 0.3) is 0 Å². The van der Waals surface area contributed by atoms with Gasteiger partial charge in [0.1, 0.15) is 28.1 Å². The lowest BCUT2D eigenvalue weighted by atomic mass is 9.79. The standard InChI is InChI=1S/C87H55N5O2/c1-86(2)64-41-38-51(46-62(64)74-65(86)42-43-68-75(74)59-39-44-71-76(57-27-13-18-32-69(57)93-71)83(59)91(68)73-47-61(49-20-6-5-7-21-49)52-22-11-16-30-66(52)88-73)48-34-36-50(37-35-48)81-56-26-12-17-31-67(56)89-85(90-81)92-82-54-24-9-8-23-53(54)80-78(55-25-10-15-29-63(55)87(80,3)4)79(82)60-40-45-72-77(84(60)92)58-28-14-19-33-70(58)94-72/h5-47H,1-4H3. The second-order valence-electron chi connectivity index (χ2n) is 26.9. The lowest BCUT2D eigenvalue weighted by molar-refractivity contribution is 0.661. The molecule has 0 saturated heterocycles. The number of para-hydroxylation sites is 4. The van der Waals surface area contributed by atoms with Crippen LogP contribution in [0.2, 0.25) is 0 Å². The fourth-order valence-corrected chi connectivity index (χ4v) is 17.2. The van der Waals surface area contributed by atoms with E-state index < -0.39 is 0 Å². The van der Waals surface area contributed by atoms with E-state index in [4.69, 9.17) is 23.8 Å². The van der Waals surface area contributed by atoms with E-state index in [1.54, 1.807) is 0 Å². The molecule has 2 aliphatic carbocycles. The van der Waals surface area contributed by atoms with Crippen LogP contribution in [0.3, 0.4) is 0 Å². The van der Waals surface area contributed by atoms with Crippen molar-refractivity contribution in [3.8, 4) is 67.5 Å². The van der Waals surface area contributed by atoms with Crippen LogP contribution in [0.5, 0.6) is 0 Å². The Hall–Kier alpha value is -11.9. The van der Waals surface area contributed by atoms with E-state index in [9.17, 15) is 0 Å². The summed E-state index contributed by atoms with van der Waals surface area (Å²) in [7, 11) is 0. The third kappa shape index (κ3) is 6.76. The van der Waals surface area contributed by atoms with Crippen LogP contribution in [0.4, 0.5) is 0 Å². The molecule has 0 spiro atoms. The molecule has 0 unspecified atom stereocenters. The largest absolute Gasteiger partial charge is 0.456 e. The summed E-state index contributed by atoms with van der Waals surface area (Å²) < 4.78 is 18.2. The molecule has 6 heterocycles.